The predicted molar refractivity (Wildman–Crippen MR) is 68.2 cm³/mol. The molecule has 0 aliphatic rings. The second-order valence-corrected chi connectivity index (χ2v) is 4.01. The average Bonchev–Trinajstić information content (AvgIpc) is 2.46. The van der Waals surface area contributed by atoms with Crippen LogP contribution in [0.25, 0.3) is 0 Å². The van der Waals surface area contributed by atoms with E-state index in [0.717, 1.165) is 0 Å². The molecule has 116 valence electrons. The summed E-state index contributed by atoms with van der Waals surface area (Å²) in [5.41, 5.74) is 0. The molecule has 0 aliphatic carbocycles. The first-order valence-corrected chi connectivity index (χ1v) is 6.17. The summed E-state index contributed by atoms with van der Waals surface area (Å²) in [6.07, 6.45) is -0.872. The van der Waals surface area contributed by atoms with Crippen LogP contribution in [0.5, 0.6) is 0 Å². The van der Waals surface area contributed by atoms with E-state index in [9.17, 15) is 0 Å². The Labute approximate surface area is 114 Å². The second kappa shape index (κ2) is 12.7. The third kappa shape index (κ3) is 9.28. The number of hydrogen-bond acceptors (Lipinski definition) is 7. The molecule has 0 aliphatic heterocycles. The summed E-state index contributed by atoms with van der Waals surface area (Å²) < 4.78 is 25.9. The summed E-state index contributed by atoms with van der Waals surface area (Å²) in [4.78, 5) is 0. The van der Waals surface area contributed by atoms with Gasteiger partial charge in [-0.15, -0.1) is 0 Å². The number of rotatable bonds is 13. The number of aliphatic hydroxyl groups excluding tert-OH is 2. The van der Waals surface area contributed by atoms with Gasteiger partial charge in [-0.3, -0.25) is 0 Å². The molecule has 0 aromatic rings. The molecule has 19 heavy (non-hydrogen) atoms. The van der Waals surface area contributed by atoms with Crippen LogP contribution in [-0.4, -0.2) is 89.5 Å². The molecule has 0 amide bonds. The van der Waals surface area contributed by atoms with Crippen LogP contribution in [0.4, 0.5) is 0 Å². The van der Waals surface area contributed by atoms with E-state index in [1.54, 1.807) is 7.11 Å². The zero-order valence-corrected chi connectivity index (χ0v) is 11.9. The Morgan fingerprint density at radius 3 is 1.21 bits per heavy atom. The van der Waals surface area contributed by atoms with Crippen molar-refractivity contribution in [2.75, 3.05) is 61.0 Å². The van der Waals surface area contributed by atoms with Crippen molar-refractivity contribution < 1.29 is 33.9 Å². The van der Waals surface area contributed by atoms with Crippen molar-refractivity contribution in [1.82, 2.24) is 0 Å². The van der Waals surface area contributed by atoms with E-state index in [0.29, 0.717) is 26.4 Å². The largest absolute Gasteiger partial charge is 0.394 e. The van der Waals surface area contributed by atoms with Gasteiger partial charge in [-0.25, -0.2) is 0 Å². The molecule has 0 heterocycles. The number of methoxy groups -OCH3 is 3. The van der Waals surface area contributed by atoms with Crippen molar-refractivity contribution >= 4 is 0 Å². The SMILES string of the molecule is COC(CO)COCC(COCC(CO)OC)OC. The highest BCUT2D eigenvalue weighted by molar-refractivity contribution is 4.59. The maximum absolute atomic E-state index is 8.91. The van der Waals surface area contributed by atoms with Crippen LogP contribution in [0.15, 0.2) is 0 Å². The van der Waals surface area contributed by atoms with E-state index >= 15 is 0 Å². The first-order chi connectivity index (χ1) is 9.21. The highest BCUT2D eigenvalue weighted by Gasteiger charge is 2.12. The van der Waals surface area contributed by atoms with Gasteiger partial charge in [-0.2, -0.15) is 0 Å². The Morgan fingerprint density at radius 2 is 0.947 bits per heavy atom. The highest BCUT2D eigenvalue weighted by atomic mass is 16.6. The minimum atomic E-state index is -0.328. The van der Waals surface area contributed by atoms with Gasteiger partial charge in [0.25, 0.3) is 0 Å². The van der Waals surface area contributed by atoms with E-state index in [4.69, 9.17) is 33.9 Å². The van der Waals surface area contributed by atoms with Crippen molar-refractivity contribution in [3.05, 3.63) is 0 Å². The van der Waals surface area contributed by atoms with Gasteiger partial charge in [0.05, 0.1) is 39.6 Å². The second-order valence-electron chi connectivity index (χ2n) is 4.01. The van der Waals surface area contributed by atoms with E-state index in [2.05, 4.69) is 0 Å². The lowest BCUT2D eigenvalue weighted by atomic mass is 10.3. The normalized spacial score (nSPS) is 16.3. The van der Waals surface area contributed by atoms with E-state index < -0.39 is 0 Å². The Hall–Kier alpha value is -0.280. The molecular weight excluding hydrogens is 256 g/mol. The van der Waals surface area contributed by atoms with Crippen molar-refractivity contribution in [2.24, 2.45) is 0 Å². The van der Waals surface area contributed by atoms with Crippen molar-refractivity contribution in [2.45, 2.75) is 18.3 Å². The molecule has 0 saturated heterocycles. The van der Waals surface area contributed by atoms with Gasteiger partial charge in [0.2, 0.25) is 0 Å². The average molecular weight is 282 g/mol. The monoisotopic (exact) mass is 282 g/mol. The molecule has 0 fully saturated rings. The minimum absolute atomic E-state index is 0.0866. The van der Waals surface area contributed by atoms with Crippen LogP contribution in [0, 0.1) is 0 Å². The van der Waals surface area contributed by atoms with Crippen LogP contribution in [-0.2, 0) is 23.7 Å². The summed E-state index contributed by atoms with van der Waals surface area (Å²) >= 11 is 0. The summed E-state index contributed by atoms with van der Waals surface area (Å²) in [5, 5.41) is 17.8. The first kappa shape index (κ1) is 18.7. The molecule has 0 radical (unpaired) electrons. The number of hydrogen-bond donors (Lipinski definition) is 2. The van der Waals surface area contributed by atoms with Gasteiger partial charge in [0.1, 0.15) is 18.3 Å². The summed E-state index contributed by atoms with van der Waals surface area (Å²) in [6, 6.07) is 0. The summed E-state index contributed by atoms with van der Waals surface area (Å²) in [6.45, 7) is 1.10. The standard InChI is InChI=1S/C12H26O7/c1-15-10(4-13)6-18-8-12(17-3)9-19-7-11(5-14)16-2/h10-14H,4-9H2,1-3H3. The van der Waals surface area contributed by atoms with Gasteiger partial charge in [-0.05, 0) is 0 Å². The fourth-order valence-electron chi connectivity index (χ4n) is 1.24. The Balaban J connectivity index is 3.70. The van der Waals surface area contributed by atoms with Crippen LogP contribution in [0.1, 0.15) is 0 Å². The molecule has 0 aromatic heterocycles. The van der Waals surface area contributed by atoms with E-state index in [1.807, 2.05) is 0 Å². The number of ether oxygens (including phenoxy) is 5. The van der Waals surface area contributed by atoms with E-state index in [1.165, 1.54) is 14.2 Å². The lowest BCUT2D eigenvalue weighted by Crippen LogP contribution is -2.31. The molecule has 0 bridgehead atoms. The third-order valence-corrected chi connectivity index (χ3v) is 2.62. The number of aliphatic hydroxyl groups is 2. The lowest BCUT2D eigenvalue weighted by molar-refractivity contribution is -0.0844. The molecule has 2 atom stereocenters. The van der Waals surface area contributed by atoms with Crippen molar-refractivity contribution in [3.63, 3.8) is 0 Å². The van der Waals surface area contributed by atoms with Gasteiger partial charge >= 0.3 is 0 Å². The van der Waals surface area contributed by atoms with Gasteiger partial charge in [0.15, 0.2) is 0 Å². The Kier molecular flexibility index (Phi) is 12.6. The van der Waals surface area contributed by atoms with Crippen LogP contribution < -0.4 is 0 Å². The van der Waals surface area contributed by atoms with Crippen molar-refractivity contribution in [1.29, 1.82) is 0 Å². The molecule has 2 unspecified atom stereocenters. The summed E-state index contributed by atoms with van der Waals surface area (Å²) in [7, 11) is 4.60. The van der Waals surface area contributed by atoms with Gasteiger partial charge in [-0.1, -0.05) is 0 Å². The van der Waals surface area contributed by atoms with Gasteiger partial charge < -0.3 is 33.9 Å². The van der Waals surface area contributed by atoms with Crippen LogP contribution >= 0.6 is 0 Å². The zero-order chi connectivity index (χ0) is 14.5. The lowest BCUT2D eigenvalue weighted by Gasteiger charge is -2.19. The highest BCUT2D eigenvalue weighted by Crippen LogP contribution is 1.98. The molecule has 7 nitrogen and oxygen atoms in total. The Bertz CT molecular complexity index is 165. The zero-order valence-electron chi connectivity index (χ0n) is 11.9. The Morgan fingerprint density at radius 1 is 0.632 bits per heavy atom. The molecule has 0 saturated carbocycles. The fourth-order valence-corrected chi connectivity index (χ4v) is 1.24. The quantitative estimate of drug-likeness (QED) is 0.450. The minimum Gasteiger partial charge on any atom is -0.394 e. The predicted octanol–water partition coefficient (Wildman–Crippen LogP) is -0.951. The van der Waals surface area contributed by atoms with Crippen LogP contribution in [0.3, 0.4) is 0 Å². The molecule has 0 aromatic carbocycles. The molecular formula is C12H26O7. The fraction of sp³-hybridized carbons (Fsp3) is 1.00. The van der Waals surface area contributed by atoms with Gasteiger partial charge in [0, 0.05) is 21.3 Å². The van der Waals surface area contributed by atoms with E-state index in [-0.39, 0.29) is 31.5 Å². The maximum Gasteiger partial charge on any atom is 0.104 e. The molecule has 0 rings (SSSR count). The third-order valence-electron chi connectivity index (χ3n) is 2.62. The smallest absolute Gasteiger partial charge is 0.104 e. The first-order valence-electron chi connectivity index (χ1n) is 6.17. The summed E-state index contributed by atoms with van der Waals surface area (Å²) in [5.74, 6) is 0. The maximum atomic E-state index is 8.91. The molecule has 0 spiro atoms. The molecule has 7 heteroatoms. The van der Waals surface area contributed by atoms with Crippen molar-refractivity contribution in [3.8, 4) is 0 Å². The molecule has 2 N–H and O–H groups in total. The van der Waals surface area contributed by atoms with Crippen LogP contribution in [0.2, 0.25) is 0 Å². The topological polar surface area (TPSA) is 86.6 Å².